The van der Waals surface area contributed by atoms with E-state index in [9.17, 15) is 9.90 Å². The number of aliphatic hydroxyl groups is 1. The molecule has 94 valence electrons. The topological polar surface area (TPSA) is 87.8 Å². The van der Waals surface area contributed by atoms with Gasteiger partial charge >= 0.3 is 0 Å². The van der Waals surface area contributed by atoms with Crippen LogP contribution in [0, 0.1) is 0 Å². The van der Waals surface area contributed by atoms with Crippen LogP contribution < -0.4 is 11.1 Å². The smallest absolute Gasteiger partial charge is 0.218 e. The van der Waals surface area contributed by atoms with E-state index in [1.165, 1.54) is 0 Å². The second-order valence-corrected chi connectivity index (χ2v) is 3.99. The minimum absolute atomic E-state index is 0.310. The van der Waals surface area contributed by atoms with Crippen LogP contribution in [0.2, 0.25) is 0 Å². The zero-order valence-electron chi connectivity index (χ0n) is 9.52. The third kappa shape index (κ3) is 6.02. The molecule has 0 bridgehead atoms. The number of nitrogens with one attached hydrogen (secondary N) is 1. The van der Waals surface area contributed by atoms with Crippen molar-refractivity contribution >= 4 is 5.91 Å². The maximum atomic E-state index is 10.5. The van der Waals surface area contributed by atoms with Crippen LogP contribution in [0.5, 0.6) is 0 Å². The molecule has 1 aliphatic rings. The fourth-order valence-corrected chi connectivity index (χ4v) is 1.63. The first-order valence-corrected chi connectivity index (χ1v) is 5.65. The van der Waals surface area contributed by atoms with Gasteiger partial charge in [0.25, 0.3) is 0 Å². The average molecular weight is 231 g/mol. The van der Waals surface area contributed by atoms with Gasteiger partial charge in [-0.3, -0.25) is 9.69 Å². The van der Waals surface area contributed by atoms with Crippen LogP contribution in [0.4, 0.5) is 0 Å². The lowest BCUT2D eigenvalue weighted by atomic mass is 10.3. The highest BCUT2D eigenvalue weighted by molar-refractivity contribution is 5.73. The van der Waals surface area contributed by atoms with Crippen LogP contribution in [0.25, 0.3) is 0 Å². The Hall–Kier alpha value is -0.690. The van der Waals surface area contributed by atoms with Crippen LogP contribution >= 0.6 is 0 Å². The van der Waals surface area contributed by atoms with Gasteiger partial charge in [0.15, 0.2) is 0 Å². The Morgan fingerprint density at radius 3 is 2.81 bits per heavy atom. The normalized spacial score (nSPS) is 19.6. The molecule has 4 N–H and O–H groups in total. The number of nitrogens with zero attached hydrogens (tertiary/aromatic N) is 1. The van der Waals surface area contributed by atoms with Crippen molar-refractivity contribution in [1.82, 2.24) is 10.2 Å². The number of rotatable bonds is 7. The summed E-state index contributed by atoms with van der Waals surface area (Å²) < 4.78 is 5.22. The SMILES string of the molecule is NC(=O)CCNCC(O)CN1CCOCC1. The third-order valence-corrected chi connectivity index (χ3v) is 2.50. The lowest BCUT2D eigenvalue weighted by Crippen LogP contribution is -2.44. The predicted octanol–water partition coefficient (Wildman–Crippen LogP) is -1.86. The van der Waals surface area contributed by atoms with Gasteiger partial charge < -0.3 is 20.9 Å². The molecule has 6 heteroatoms. The Balaban J connectivity index is 2.01. The van der Waals surface area contributed by atoms with E-state index in [2.05, 4.69) is 10.2 Å². The lowest BCUT2D eigenvalue weighted by molar-refractivity contribution is -0.117. The Morgan fingerprint density at radius 1 is 1.50 bits per heavy atom. The molecular formula is C10H21N3O3. The molecule has 1 unspecified atom stereocenters. The summed E-state index contributed by atoms with van der Waals surface area (Å²) in [5.74, 6) is -0.324. The summed E-state index contributed by atoms with van der Waals surface area (Å²) in [6.07, 6.45) is -0.101. The molecule has 1 fully saturated rings. The monoisotopic (exact) mass is 231 g/mol. The first-order valence-electron chi connectivity index (χ1n) is 5.65. The van der Waals surface area contributed by atoms with E-state index in [0.29, 0.717) is 26.1 Å². The second-order valence-electron chi connectivity index (χ2n) is 3.99. The van der Waals surface area contributed by atoms with Crippen molar-refractivity contribution in [2.24, 2.45) is 5.73 Å². The van der Waals surface area contributed by atoms with Crippen molar-refractivity contribution < 1.29 is 14.6 Å². The number of nitrogens with two attached hydrogens (primary N) is 1. The highest BCUT2D eigenvalue weighted by Gasteiger charge is 2.14. The van der Waals surface area contributed by atoms with E-state index in [1.807, 2.05) is 0 Å². The van der Waals surface area contributed by atoms with E-state index >= 15 is 0 Å². The van der Waals surface area contributed by atoms with E-state index < -0.39 is 6.10 Å². The van der Waals surface area contributed by atoms with Crippen LogP contribution in [0.3, 0.4) is 0 Å². The van der Waals surface area contributed by atoms with Gasteiger partial charge in [0.2, 0.25) is 5.91 Å². The molecule has 0 spiro atoms. The molecule has 1 aliphatic heterocycles. The molecule has 6 nitrogen and oxygen atoms in total. The molecule has 0 aromatic heterocycles. The molecule has 1 atom stereocenters. The number of carbonyl (C=O) groups excluding carboxylic acids is 1. The standard InChI is InChI=1S/C10H21N3O3/c11-10(15)1-2-12-7-9(14)8-13-3-5-16-6-4-13/h9,12,14H,1-8H2,(H2,11,15). The molecule has 0 aromatic rings. The molecule has 1 heterocycles. The minimum atomic E-state index is -0.411. The fourth-order valence-electron chi connectivity index (χ4n) is 1.63. The Bertz CT molecular complexity index is 207. The Morgan fingerprint density at radius 2 is 2.19 bits per heavy atom. The molecule has 0 radical (unpaired) electrons. The second kappa shape index (κ2) is 7.56. The third-order valence-electron chi connectivity index (χ3n) is 2.50. The summed E-state index contributed by atoms with van der Waals surface area (Å²) in [6, 6.07) is 0. The van der Waals surface area contributed by atoms with E-state index in [0.717, 1.165) is 26.3 Å². The number of morpholine rings is 1. The number of primary amides is 1. The highest BCUT2D eigenvalue weighted by atomic mass is 16.5. The summed E-state index contributed by atoms with van der Waals surface area (Å²) in [4.78, 5) is 12.6. The molecular weight excluding hydrogens is 210 g/mol. The molecule has 1 rings (SSSR count). The van der Waals surface area contributed by atoms with Gasteiger partial charge in [0.05, 0.1) is 19.3 Å². The van der Waals surface area contributed by atoms with E-state index in [1.54, 1.807) is 0 Å². The van der Waals surface area contributed by atoms with Gasteiger partial charge in [-0.15, -0.1) is 0 Å². The van der Waals surface area contributed by atoms with Gasteiger partial charge in [-0.2, -0.15) is 0 Å². The zero-order valence-corrected chi connectivity index (χ0v) is 9.52. The van der Waals surface area contributed by atoms with E-state index in [4.69, 9.17) is 10.5 Å². The first-order chi connectivity index (χ1) is 7.68. The summed E-state index contributed by atoms with van der Waals surface area (Å²) in [6.45, 7) is 4.88. The number of hydrogen-bond acceptors (Lipinski definition) is 5. The summed E-state index contributed by atoms with van der Waals surface area (Å²) >= 11 is 0. The minimum Gasteiger partial charge on any atom is -0.390 e. The fraction of sp³-hybridized carbons (Fsp3) is 0.900. The zero-order chi connectivity index (χ0) is 11.8. The van der Waals surface area contributed by atoms with Gasteiger partial charge in [0.1, 0.15) is 0 Å². The van der Waals surface area contributed by atoms with Crippen LogP contribution in [-0.2, 0) is 9.53 Å². The predicted molar refractivity (Wildman–Crippen MR) is 59.9 cm³/mol. The van der Waals surface area contributed by atoms with Crippen molar-refractivity contribution in [1.29, 1.82) is 0 Å². The number of aliphatic hydroxyl groups excluding tert-OH is 1. The summed E-state index contributed by atoms with van der Waals surface area (Å²) in [5, 5.41) is 12.7. The van der Waals surface area contributed by atoms with Crippen molar-refractivity contribution in [3.05, 3.63) is 0 Å². The van der Waals surface area contributed by atoms with Crippen molar-refractivity contribution in [2.75, 3.05) is 45.9 Å². The number of carbonyl (C=O) groups is 1. The summed E-state index contributed by atoms with van der Waals surface area (Å²) in [5.41, 5.74) is 5.00. The van der Waals surface area contributed by atoms with Crippen LogP contribution in [0.15, 0.2) is 0 Å². The summed E-state index contributed by atoms with van der Waals surface area (Å²) in [7, 11) is 0. The maximum Gasteiger partial charge on any atom is 0.218 e. The van der Waals surface area contributed by atoms with Crippen LogP contribution in [-0.4, -0.2) is 68.0 Å². The largest absolute Gasteiger partial charge is 0.390 e. The van der Waals surface area contributed by atoms with Gasteiger partial charge in [-0.25, -0.2) is 0 Å². The molecule has 1 amide bonds. The molecule has 0 aromatic carbocycles. The number of amides is 1. The van der Waals surface area contributed by atoms with Crippen molar-refractivity contribution in [2.45, 2.75) is 12.5 Å². The molecule has 0 saturated carbocycles. The number of ether oxygens (including phenoxy) is 1. The van der Waals surface area contributed by atoms with E-state index in [-0.39, 0.29) is 5.91 Å². The average Bonchev–Trinajstić information content (AvgIpc) is 2.25. The van der Waals surface area contributed by atoms with Crippen molar-refractivity contribution in [3.8, 4) is 0 Å². The highest BCUT2D eigenvalue weighted by Crippen LogP contribution is 1.97. The molecule has 16 heavy (non-hydrogen) atoms. The Labute approximate surface area is 95.7 Å². The lowest BCUT2D eigenvalue weighted by Gasteiger charge is -2.28. The van der Waals surface area contributed by atoms with Gasteiger partial charge in [0, 0.05) is 39.1 Å². The van der Waals surface area contributed by atoms with Gasteiger partial charge in [-0.05, 0) is 0 Å². The van der Waals surface area contributed by atoms with Crippen molar-refractivity contribution in [3.63, 3.8) is 0 Å². The van der Waals surface area contributed by atoms with Gasteiger partial charge in [-0.1, -0.05) is 0 Å². The Kier molecular flexibility index (Phi) is 6.32. The maximum absolute atomic E-state index is 10.5. The number of β-amino-alcohol motifs (C(OH)–C–C–N with tert-alkyl or cyclic N) is 1. The molecule has 1 saturated heterocycles. The molecule has 0 aliphatic carbocycles. The quantitative estimate of drug-likeness (QED) is 0.447. The first kappa shape index (κ1) is 13.4. The van der Waals surface area contributed by atoms with Crippen LogP contribution in [0.1, 0.15) is 6.42 Å². The number of hydrogen-bond donors (Lipinski definition) is 3.